The summed E-state index contributed by atoms with van der Waals surface area (Å²) in [6.07, 6.45) is 4.79. The molecule has 5 nitrogen and oxygen atoms in total. The van der Waals surface area contributed by atoms with Gasteiger partial charge in [0.1, 0.15) is 5.82 Å². The Morgan fingerprint density at radius 3 is 2.37 bits per heavy atom. The van der Waals surface area contributed by atoms with Crippen molar-refractivity contribution in [3.05, 3.63) is 131 Å². The average molecular weight is 784 g/mol. The molecule has 3 aromatic heterocycles. The second-order valence-corrected chi connectivity index (χ2v) is 11.7. The topological polar surface area (TPSA) is 44.9 Å². The zero-order valence-electron chi connectivity index (χ0n) is 26.8. The Balaban J connectivity index is 0.00000372. The summed E-state index contributed by atoms with van der Waals surface area (Å²) in [5.74, 6) is 2.14. The van der Waals surface area contributed by atoms with Gasteiger partial charge in [-0.3, -0.25) is 4.68 Å². The maximum absolute atomic E-state index is 6.57. The first-order valence-corrected chi connectivity index (χ1v) is 15.7. The van der Waals surface area contributed by atoms with Crippen molar-refractivity contribution in [3.63, 3.8) is 0 Å². The van der Waals surface area contributed by atoms with Crippen molar-refractivity contribution >= 4 is 21.8 Å². The molecule has 0 spiro atoms. The van der Waals surface area contributed by atoms with Gasteiger partial charge in [-0.25, -0.2) is 4.98 Å². The number of hydrogen-bond donors (Lipinski definition) is 0. The zero-order chi connectivity index (χ0) is 31.1. The molecule has 3 heterocycles. The van der Waals surface area contributed by atoms with Crippen LogP contribution in [-0.2, 0) is 33.9 Å². The fourth-order valence-electron chi connectivity index (χ4n) is 6.34. The Kier molecular flexibility index (Phi) is 8.97. The van der Waals surface area contributed by atoms with Gasteiger partial charge in [0, 0.05) is 34.5 Å². The monoisotopic (exact) mass is 783 g/mol. The Hall–Kier alpha value is -4.47. The predicted molar refractivity (Wildman–Crippen MR) is 183 cm³/mol. The van der Waals surface area contributed by atoms with Crippen molar-refractivity contribution in [2.24, 2.45) is 0 Å². The molecular weight excluding hydrogens is 748 g/mol. The summed E-state index contributed by atoms with van der Waals surface area (Å²) in [6.45, 7) is 10.7. The minimum Gasteiger partial charge on any atom is -0.509 e. The molecule has 46 heavy (non-hydrogen) atoms. The van der Waals surface area contributed by atoms with E-state index in [0.717, 1.165) is 75.3 Å². The number of hydrogen-bond acceptors (Lipinski definition) is 3. The van der Waals surface area contributed by atoms with E-state index >= 15 is 0 Å². The summed E-state index contributed by atoms with van der Waals surface area (Å²) >= 11 is 0. The second kappa shape index (κ2) is 13.1. The normalized spacial score (nSPS) is 11.2. The molecule has 0 saturated heterocycles. The van der Waals surface area contributed by atoms with Gasteiger partial charge < -0.3 is 9.30 Å². The van der Waals surface area contributed by atoms with E-state index in [-0.39, 0.29) is 21.1 Å². The van der Waals surface area contributed by atoms with Gasteiger partial charge in [-0.05, 0) is 73.2 Å². The van der Waals surface area contributed by atoms with Gasteiger partial charge in [-0.15, -0.1) is 35.7 Å². The summed E-state index contributed by atoms with van der Waals surface area (Å²) in [5.41, 5.74) is 10.9. The Bertz CT molecular complexity index is 2180. The second-order valence-electron chi connectivity index (χ2n) is 11.7. The molecule has 0 N–H and O–H groups in total. The molecule has 7 rings (SSSR count). The van der Waals surface area contributed by atoms with E-state index in [1.807, 2.05) is 29.1 Å². The van der Waals surface area contributed by atoms with Gasteiger partial charge in [0.25, 0.3) is 0 Å². The van der Waals surface area contributed by atoms with E-state index < -0.39 is 0 Å². The number of nitrogens with zero attached hydrogens (tertiary/aromatic N) is 4. The van der Waals surface area contributed by atoms with Crippen molar-refractivity contribution in [2.75, 3.05) is 0 Å². The summed E-state index contributed by atoms with van der Waals surface area (Å²) in [5, 5.41) is 7.26. The van der Waals surface area contributed by atoms with Gasteiger partial charge in [0.15, 0.2) is 0 Å². The molecule has 0 atom stereocenters. The fraction of sp³-hybridized carbons (Fsp3) is 0.200. The van der Waals surface area contributed by atoms with Crippen molar-refractivity contribution in [3.8, 4) is 34.1 Å². The zero-order valence-corrected chi connectivity index (χ0v) is 29.1. The van der Waals surface area contributed by atoms with Gasteiger partial charge in [-0.1, -0.05) is 74.7 Å². The number of fused-ring (bicyclic) bond motifs is 3. The van der Waals surface area contributed by atoms with E-state index in [1.54, 1.807) is 0 Å². The Morgan fingerprint density at radius 2 is 1.61 bits per heavy atom. The summed E-state index contributed by atoms with van der Waals surface area (Å²) < 4.78 is 10.7. The first-order valence-electron chi connectivity index (χ1n) is 15.7. The number of aryl methyl sites for hydroxylation is 4. The van der Waals surface area contributed by atoms with Crippen LogP contribution >= 0.6 is 0 Å². The van der Waals surface area contributed by atoms with E-state index in [2.05, 4.69) is 118 Å². The Labute approximate surface area is 285 Å². The molecule has 7 aromatic rings. The van der Waals surface area contributed by atoms with Crippen molar-refractivity contribution in [1.82, 2.24) is 19.3 Å². The van der Waals surface area contributed by atoms with Crippen LogP contribution in [0.5, 0.6) is 11.5 Å². The number of ether oxygens (including phenoxy) is 1. The molecule has 0 fully saturated rings. The van der Waals surface area contributed by atoms with Crippen LogP contribution < -0.4 is 4.74 Å². The average Bonchev–Trinajstić information content (AvgIpc) is 3.53. The van der Waals surface area contributed by atoms with Crippen molar-refractivity contribution in [1.29, 1.82) is 0 Å². The molecule has 232 valence electrons. The molecule has 4 aromatic carbocycles. The van der Waals surface area contributed by atoms with Gasteiger partial charge in [-0.2, -0.15) is 16.7 Å². The number of benzene rings is 4. The smallest absolute Gasteiger partial charge is 0.509 e. The third kappa shape index (κ3) is 5.81. The molecule has 6 heteroatoms. The Morgan fingerprint density at radius 1 is 0.783 bits per heavy atom. The number of pyridine rings is 1. The maximum atomic E-state index is 6.57. The van der Waals surface area contributed by atoms with Gasteiger partial charge in [0.05, 0.1) is 5.69 Å². The number of rotatable bonds is 8. The van der Waals surface area contributed by atoms with E-state index in [1.165, 1.54) is 16.5 Å². The fourth-order valence-corrected chi connectivity index (χ4v) is 6.34. The molecule has 0 bridgehead atoms. The van der Waals surface area contributed by atoms with Crippen LogP contribution in [0.2, 0.25) is 0 Å². The third-order valence-electron chi connectivity index (χ3n) is 8.48. The van der Waals surface area contributed by atoms with E-state index in [4.69, 9.17) is 14.8 Å². The third-order valence-corrected chi connectivity index (χ3v) is 8.48. The first-order chi connectivity index (χ1) is 21.9. The van der Waals surface area contributed by atoms with Crippen LogP contribution in [0.15, 0.2) is 91.1 Å². The van der Waals surface area contributed by atoms with E-state index in [9.17, 15) is 0 Å². The minimum absolute atomic E-state index is 0. The van der Waals surface area contributed by atoms with Crippen molar-refractivity contribution in [2.45, 2.75) is 53.9 Å². The summed E-state index contributed by atoms with van der Waals surface area (Å²) in [7, 11) is 0. The van der Waals surface area contributed by atoms with Gasteiger partial charge in [0.2, 0.25) is 0 Å². The van der Waals surface area contributed by atoms with Crippen LogP contribution in [0.4, 0.5) is 0 Å². The standard InChI is InChI=1S/C40H36N4O.Pt/c1-6-11-30-21-32(44-28(5)40(27(4)42-44)31-12-9-8-10-13-31)24-34(22-30)45-33-15-16-35-36-23-29(7-2)14-17-37(36)43(38(35)25-33)39-20-26(3)18-19-41-39;/h8-10,12-23H,6-7,11H2,1-5H3;/q-2;+2. The van der Waals surface area contributed by atoms with Gasteiger partial charge >= 0.3 is 21.1 Å². The molecule has 0 amide bonds. The van der Waals surface area contributed by atoms with Crippen LogP contribution in [-0.4, -0.2) is 19.3 Å². The number of aromatic nitrogens is 4. The predicted octanol–water partition coefficient (Wildman–Crippen LogP) is 9.86. The van der Waals surface area contributed by atoms with Crippen LogP contribution in [0.25, 0.3) is 44.4 Å². The molecular formula is C40H36N4OPt. The van der Waals surface area contributed by atoms with Crippen LogP contribution in [0, 0.1) is 32.9 Å². The first kappa shape index (κ1) is 31.5. The van der Waals surface area contributed by atoms with Crippen LogP contribution in [0.1, 0.15) is 48.3 Å². The summed E-state index contributed by atoms with van der Waals surface area (Å²) in [6, 6.07) is 36.8. The maximum Gasteiger partial charge on any atom is 2.00 e. The quantitative estimate of drug-likeness (QED) is 0.144. The molecule has 0 saturated carbocycles. The van der Waals surface area contributed by atoms with E-state index in [0.29, 0.717) is 11.5 Å². The molecule has 0 aliphatic carbocycles. The van der Waals surface area contributed by atoms with Crippen LogP contribution in [0.3, 0.4) is 0 Å². The molecule has 0 aliphatic heterocycles. The minimum atomic E-state index is 0. The summed E-state index contributed by atoms with van der Waals surface area (Å²) in [4.78, 5) is 4.74. The molecule has 0 unspecified atom stereocenters. The SMILES string of the molecule is CCCc1cc(Oc2[c-]c3c(cc2)c2cc(CC)ccc2n3-c2cc(C)ccn2)[c-]c(-n2nc(C)c(-c3ccccc3)c2C)c1.[Pt+2]. The van der Waals surface area contributed by atoms with Crippen molar-refractivity contribution < 1.29 is 25.8 Å². The molecule has 0 aliphatic rings. The largest absolute Gasteiger partial charge is 2.00 e. The molecule has 0 radical (unpaired) electrons.